The molecule has 0 atom stereocenters. The number of hydrogen-bond donors (Lipinski definition) is 0. The first-order valence-electron chi connectivity index (χ1n) is 9.48. The van der Waals surface area contributed by atoms with Gasteiger partial charge in [-0.1, -0.05) is 34.1 Å². The number of likely N-dealkylation sites (tertiary alicyclic amines) is 1. The normalized spacial score (nSPS) is 15.4. The number of rotatable bonds is 8. The van der Waals surface area contributed by atoms with Crippen LogP contribution < -0.4 is 0 Å². The van der Waals surface area contributed by atoms with E-state index in [1.54, 1.807) is 13.2 Å². The first-order chi connectivity index (χ1) is 13.7. The average molecular weight is 448 g/mol. The quantitative estimate of drug-likeness (QED) is 0.457. The molecule has 0 spiro atoms. The predicted octanol–water partition coefficient (Wildman–Crippen LogP) is 3.69. The van der Waals surface area contributed by atoms with Gasteiger partial charge in [-0.05, 0) is 30.5 Å². The lowest BCUT2D eigenvalue weighted by molar-refractivity contribution is -0.127. The minimum atomic E-state index is 0.0560. The number of methoxy groups -OCH3 is 1. The number of halogens is 1. The molecule has 1 amide bonds. The summed E-state index contributed by atoms with van der Waals surface area (Å²) in [6.45, 7) is 3.09. The molecule has 1 aliphatic heterocycles. The molecule has 1 fully saturated rings. The summed E-state index contributed by atoms with van der Waals surface area (Å²) in [5, 5.41) is 0. The van der Waals surface area contributed by atoms with Crippen molar-refractivity contribution in [2.24, 2.45) is 0 Å². The summed E-state index contributed by atoms with van der Waals surface area (Å²) in [6.07, 6.45) is 9.09. The van der Waals surface area contributed by atoms with E-state index >= 15 is 0 Å². The van der Waals surface area contributed by atoms with Crippen molar-refractivity contribution in [1.29, 1.82) is 0 Å². The smallest absolute Gasteiger partial charge is 0.246 e. The van der Waals surface area contributed by atoms with Gasteiger partial charge in [0.15, 0.2) is 0 Å². The van der Waals surface area contributed by atoms with Gasteiger partial charge in [-0.3, -0.25) is 4.79 Å². The minimum absolute atomic E-state index is 0.0560. The molecule has 3 rings (SSSR count). The van der Waals surface area contributed by atoms with Crippen LogP contribution in [-0.2, 0) is 21.0 Å². The van der Waals surface area contributed by atoms with Crippen LogP contribution in [0.15, 0.2) is 47.2 Å². The molecule has 7 heteroatoms. The van der Waals surface area contributed by atoms with Crippen LogP contribution in [0.4, 0.5) is 0 Å². The lowest BCUT2D eigenvalue weighted by Crippen LogP contribution is -2.37. The molecule has 0 unspecified atom stereocenters. The summed E-state index contributed by atoms with van der Waals surface area (Å²) in [4.78, 5) is 18.9. The molecule has 0 N–H and O–H groups in total. The molecule has 0 bridgehead atoms. The fourth-order valence-corrected chi connectivity index (χ4v) is 3.75. The molecule has 1 aromatic carbocycles. The second-order valence-corrected chi connectivity index (χ2v) is 7.59. The van der Waals surface area contributed by atoms with Gasteiger partial charge in [0, 0.05) is 49.1 Å². The van der Waals surface area contributed by atoms with Crippen LogP contribution in [0.2, 0.25) is 0 Å². The molecule has 1 aromatic heterocycles. The lowest BCUT2D eigenvalue weighted by atomic mass is 9.96. The van der Waals surface area contributed by atoms with E-state index in [1.807, 2.05) is 52.2 Å². The van der Waals surface area contributed by atoms with Gasteiger partial charge in [0.1, 0.15) is 12.6 Å². The number of imidazole rings is 1. The van der Waals surface area contributed by atoms with E-state index in [0.717, 1.165) is 41.8 Å². The van der Waals surface area contributed by atoms with Crippen LogP contribution in [0.1, 0.15) is 30.1 Å². The van der Waals surface area contributed by atoms with Crippen LogP contribution in [0.3, 0.4) is 0 Å². The second-order valence-electron chi connectivity index (χ2n) is 6.74. The summed E-state index contributed by atoms with van der Waals surface area (Å²) in [7, 11) is 1.66. The highest BCUT2D eigenvalue weighted by Gasteiger charge is 2.25. The van der Waals surface area contributed by atoms with Crippen molar-refractivity contribution in [2.75, 3.05) is 33.4 Å². The molecule has 2 heterocycles. The Labute approximate surface area is 174 Å². The third kappa shape index (κ3) is 5.53. The highest BCUT2D eigenvalue weighted by molar-refractivity contribution is 9.10. The molecule has 6 nitrogen and oxygen atoms in total. The molecule has 2 aromatic rings. The Morgan fingerprint density at radius 2 is 2.07 bits per heavy atom. The monoisotopic (exact) mass is 447 g/mol. The number of benzene rings is 1. The Kier molecular flexibility index (Phi) is 7.82. The zero-order chi connectivity index (χ0) is 19.8. The molecular weight excluding hydrogens is 422 g/mol. The molecule has 28 heavy (non-hydrogen) atoms. The number of piperidine rings is 1. The van der Waals surface area contributed by atoms with E-state index < -0.39 is 0 Å². The molecule has 1 saturated heterocycles. The van der Waals surface area contributed by atoms with Crippen LogP contribution in [0.25, 0.3) is 6.08 Å². The van der Waals surface area contributed by atoms with Crippen molar-refractivity contribution in [3.8, 4) is 0 Å². The number of hydrogen-bond acceptors (Lipinski definition) is 4. The first kappa shape index (κ1) is 20.8. The molecule has 0 aliphatic carbocycles. The van der Waals surface area contributed by atoms with Crippen molar-refractivity contribution >= 4 is 27.9 Å². The summed E-state index contributed by atoms with van der Waals surface area (Å²) >= 11 is 3.50. The number of carbonyl (C=O) groups is 1. The Morgan fingerprint density at radius 3 is 2.82 bits per heavy atom. The van der Waals surface area contributed by atoms with Crippen LogP contribution >= 0.6 is 15.9 Å². The average Bonchev–Trinajstić information content (AvgIpc) is 3.19. The zero-order valence-corrected chi connectivity index (χ0v) is 17.7. The summed E-state index contributed by atoms with van der Waals surface area (Å²) in [5.41, 5.74) is 1.00. The van der Waals surface area contributed by atoms with Gasteiger partial charge in [0.25, 0.3) is 0 Å². The highest BCUT2D eigenvalue weighted by Crippen LogP contribution is 2.27. The van der Waals surface area contributed by atoms with Gasteiger partial charge in [-0.15, -0.1) is 0 Å². The SMILES string of the molecule is COCCOCn1ccnc1C1CCN(C(=O)C=Cc2ccccc2Br)CC1. The van der Waals surface area contributed by atoms with Crippen molar-refractivity contribution < 1.29 is 14.3 Å². The third-order valence-corrected chi connectivity index (χ3v) is 5.61. The number of nitrogens with zero attached hydrogens (tertiary/aromatic N) is 3. The molecule has 0 radical (unpaired) electrons. The zero-order valence-electron chi connectivity index (χ0n) is 16.1. The number of aromatic nitrogens is 2. The largest absolute Gasteiger partial charge is 0.382 e. The number of amides is 1. The Hall–Kier alpha value is -1.96. The van der Waals surface area contributed by atoms with E-state index in [0.29, 0.717) is 25.9 Å². The number of carbonyl (C=O) groups excluding carboxylic acids is 1. The summed E-state index contributed by atoms with van der Waals surface area (Å²) in [6, 6.07) is 7.87. The maximum absolute atomic E-state index is 12.5. The number of ether oxygens (including phenoxy) is 2. The summed E-state index contributed by atoms with van der Waals surface area (Å²) < 4.78 is 13.6. The third-order valence-electron chi connectivity index (χ3n) is 4.89. The standard InChI is InChI=1S/C21H26BrN3O3/c1-27-14-15-28-16-25-13-10-23-21(25)18-8-11-24(12-9-18)20(26)7-6-17-4-2-3-5-19(17)22/h2-7,10,13,18H,8-9,11-12,14-16H2,1H3. The van der Waals surface area contributed by atoms with Gasteiger partial charge in [-0.25, -0.2) is 4.98 Å². The van der Waals surface area contributed by atoms with E-state index in [-0.39, 0.29) is 5.91 Å². The topological polar surface area (TPSA) is 56.6 Å². The van der Waals surface area contributed by atoms with Crippen LogP contribution in [-0.4, -0.2) is 53.8 Å². The second kappa shape index (κ2) is 10.5. The van der Waals surface area contributed by atoms with Gasteiger partial charge in [-0.2, -0.15) is 0 Å². The highest BCUT2D eigenvalue weighted by atomic mass is 79.9. The van der Waals surface area contributed by atoms with Crippen LogP contribution in [0.5, 0.6) is 0 Å². The first-order valence-corrected chi connectivity index (χ1v) is 10.3. The molecule has 0 saturated carbocycles. The van der Waals surface area contributed by atoms with E-state index in [4.69, 9.17) is 9.47 Å². The van der Waals surface area contributed by atoms with Gasteiger partial charge < -0.3 is 18.9 Å². The van der Waals surface area contributed by atoms with Gasteiger partial charge >= 0.3 is 0 Å². The van der Waals surface area contributed by atoms with Crippen molar-refractivity contribution in [3.63, 3.8) is 0 Å². The van der Waals surface area contributed by atoms with Crippen molar-refractivity contribution in [1.82, 2.24) is 14.5 Å². The fraction of sp³-hybridized carbons (Fsp3) is 0.429. The fourth-order valence-electron chi connectivity index (χ4n) is 3.33. The van der Waals surface area contributed by atoms with Crippen LogP contribution in [0, 0.1) is 0 Å². The summed E-state index contributed by atoms with van der Waals surface area (Å²) in [5.74, 6) is 1.44. The Bertz CT molecular complexity index is 798. The lowest BCUT2D eigenvalue weighted by Gasteiger charge is -2.31. The van der Waals surface area contributed by atoms with E-state index in [2.05, 4.69) is 20.9 Å². The maximum atomic E-state index is 12.5. The van der Waals surface area contributed by atoms with Crippen molar-refractivity contribution in [2.45, 2.75) is 25.5 Å². The van der Waals surface area contributed by atoms with E-state index in [9.17, 15) is 4.79 Å². The van der Waals surface area contributed by atoms with Gasteiger partial charge in [0.2, 0.25) is 5.91 Å². The molecular formula is C21H26BrN3O3. The van der Waals surface area contributed by atoms with E-state index in [1.165, 1.54) is 0 Å². The van der Waals surface area contributed by atoms with Gasteiger partial charge in [0.05, 0.1) is 13.2 Å². The Balaban J connectivity index is 1.51. The minimum Gasteiger partial charge on any atom is -0.382 e. The van der Waals surface area contributed by atoms with Crippen molar-refractivity contribution in [3.05, 3.63) is 58.6 Å². The molecule has 1 aliphatic rings. The molecule has 150 valence electrons. The Morgan fingerprint density at radius 1 is 1.29 bits per heavy atom. The maximum Gasteiger partial charge on any atom is 0.246 e. The predicted molar refractivity (Wildman–Crippen MR) is 112 cm³/mol.